The Balaban J connectivity index is 1.65. The molecule has 2 fully saturated rings. The molecule has 0 saturated carbocycles. The summed E-state index contributed by atoms with van der Waals surface area (Å²) < 4.78 is 5.67. The second kappa shape index (κ2) is 6.94. The maximum absolute atomic E-state index is 11.3. The smallest absolute Gasteiger partial charge is 0.293 e. The molecule has 0 aliphatic carbocycles. The molecule has 0 radical (unpaired) electrons. The highest BCUT2D eigenvalue weighted by molar-refractivity contribution is 5.65. The third kappa shape index (κ3) is 3.60. The molecule has 2 saturated heterocycles. The average molecular weight is 316 g/mol. The van der Waals surface area contributed by atoms with Gasteiger partial charge in [-0.15, -0.1) is 0 Å². The molecule has 1 atom stereocenters. The van der Waals surface area contributed by atoms with Crippen molar-refractivity contribution in [2.75, 3.05) is 44.2 Å². The lowest BCUT2D eigenvalue weighted by Crippen LogP contribution is -2.48. The van der Waals surface area contributed by atoms with Crippen LogP contribution in [0.5, 0.6) is 0 Å². The SMILES string of the molecule is N#Cc1ccc(N2CCN(CC3CCCO3)CC2)c([N+](=O)[O-])c1. The van der Waals surface area contributed by atoms with E-state index in [0.717, 1.165) is 52.2 Å². The lowest BCUT2D eigenvalue weighted by atomic mass is 10.1. The molecule has 1 aromatic rings. The number of benzene rings is 1. The molecular weight excluding hydrogens is 296 g/mol. The number of nitro benzene ring substituents is 1. The van der Waals surface area contributed by atoms with Gasteiger partial charge in [-0.2, -0.15) is 5.26 Å². The summed E-state index contributed by atoms with van der Waals surface area (Å²) in [7, 11) is 0. The van der Waals surface area contributed by atoms with E-state index in [1.807, 2.05) is 11.0 Å². The second-order valence-corrected chi connectivity index (χ2v) is 6.00. The van der Waals surface area contributed by atoms with Crippen molar-refractivity contribution in [3.8, 4) is 6.07 Å². The fourth-order valence-electron chi connectivity index (χ4n) is 3.25. The summed E-state index contributed by atoms with van der Waals surface area (Å²) in [5.74, 6) is 0. The van der Waals surface area contributed by atoms with Gasteiger partial charge in [0.15, 0.2) is 0 Å². The third-order valence-electron chi connectivity index (χ3n) is 4.50. The van der Waals surface area contributed by atoms with E-state index in [0.29, 0.717) is 17.4 Å². The van der Waals surface area contributed by atoms with E-state index >= 15 is 0 Å². The predicted molar refractivity (Wildman–Crippen MR) is 85.4 cm³/mol. The van der Waals surface area contributed by atoms with Crippen LogP contribution in [0.1, 0.15) is 18.4 Å². The van der Waals surface area contributed by atoms with Gasteiger partial charge in [-0.3, -0.25) is 15.0 Å². The highest BCUT2D eigenvalue weighted by Gasteiger charge is 2.26. The number of ether oxygens (including phenoxy) is 1. The molecule has 2 aliphatic rings. The van der Waals surface area contributed by atoms with Crippen molar-refractivity contribution >= 4 is 11.4 Å². The molecule has 0 aromatic heterocycles. The molecular formula is C16H20N4O3. The number of hydrogen-bond acceptors (Lipinski definition) is 6. The van der Waals surface area contributed by atoms with Gasteiger partial charge in [0.2, 0.25) is 0 Å². The molecule has 0 spiro atoms. The van der Waals surface area contributed by atoms with Crippen LogP contribution in [0.2, 0.25) is 0 Å². The Bertz CT molecular complexity index is 614. The highest BCUT2D eigenvalue weighted by atomic mass is 16.6. The summed E-state index contributed by atoms with van der Waals surface area (Å²) in [5.41, 5.74) is 0.930. The molecule has 2 aliphatic heterocycles. The first-order valence-corrected chi connectivity index (χ1v) is 7.95. The van der Waals surface area contributed by atoms with E-state index in [1.165, 1.54) is 6.07 Å². The molecule has 23 heavy (non-hydrogen) atoms. The fourth-order valence-corrected chi connectivity index (χ4v) is 3.25. The number of anilines is 1. The van der Waals surface area contributed by atoms with Gasteiger partial charge < -0.3 is 9.64 Å². The van der Waals surface area contributed by atoms with Gasteiger partial charge in [0.25, 0.3) is 5.69 Å². The van der Waals surface area contributed by atoms with Crippen LogP contribution in [0.4, 0.5) is 11.4 Å². The summed E-state index contributed by atoms with van der Waals surface area (Å²) >= 11 is 0. The molecule has 0 amide bonds. The van der Waals surface area contributed by atoms with Crippen LogP contribution in [-0.4, -0.2) is 55.3 Å². The number of hydrogen-bond donors (Lipinski definition) is 0. The van der Waals surface area contributed by atoms with Crippen molar-refractivity contribution in [3.63, 3.8) is 0 Å². The van der Waals surface area contributed by atoms with Gasteiger partial charge in [-0.05, 0) is 25.0 Å². The zero-order chi connectivity index (χ0) is 16.2. The van der Waals surface area contributed by atoms with Gasteiger partial charge in [-0.1, -0.05) is 0 Å². The van der Waals surface area contributed by atoms with Gasteiger partial charge in [-0.25, -0.2) is 0 Å². The van der Waals surface area contributed by atoms with Crippen LogP contribution < -0.4 is 4.90 Å². The zero-order valence-electron chi connectivity index (χ0n) is 13.0. The monoisotopic (exact) mass is 316 g/mol. The summed E-state index contributed by atoms with van der Waals surface area (Å²) in [5, 5.41) is 20.2. The van der Waals surface area contributed by atoms with Gasteiger partial charge in [0.1, 0.15) is 5.69 Å². The Hall–Kier alpha value is -2.17. The number of nitro groups is 1. The molecule has 0 N–H and O–H groups in total. The summed E-state index contributed by atoms with van der Waals surface area (Å²) in [6, 6.07) is 6.64. The standard InChI is InChI=1S/C16H20N4O3/c17-11-13-3-4-15(16(10-13)20(21)22)19-7-5-18(6-8-19)12-14-2-1-9-23-14/h3-4,10,14H,1-2,5-9,12H2. The highest BCUT2D eigenvalue weighted by Crippen LogP contribution is 2.30. The lowest BCUT2D eigenvalue weighted by molar-refractivity contribution is -0.384. The van der Waals surface area contributed by atoms with Crippen molar-refractivity contribution in [2.24, 2.45) is 0 Å². The van der Waals surface area contributed by atoms with E-state index in [1.54, 1.807) is 12.1 Å². The molecule has 2 heterocycles. The van der Waals surface area contributed by atoms with Crippen LogP contribution in [-0.2, 0) is 4.74 Å². The molecule has 122 valence electrons. The Morgan fingerprint density at radius 3 is 2.74 bits per heavy atom. The van der Waals surface area contributed by atoms with E-state index in [-0.39, 0.29) is 5.69 Å². The Morgan fingerprint density at radius 1 is 1.35 bits per heavy atom. The Labute approximate surface area is 135 Å². The van der Waals surface area contributed by atoms with Crippen LogP contribution in [0.3, 0.4) is 0 Å². The first-order valence-electron chi connectivity index (χ1n) is 7.95. The van der Waals surface area contributed by atoms with Gasteiger partial charge in [0.05, 0.1) is 22.7 Å². The van der Waals surface area contributed by atoms with Crippen LogP contribution in [0, 0.1) is 21.4 Å². The number of nitriles is 1. The maximum atomic E-state index is 11.3. The minimum atomic E-state index is -0.408. The zero-order valence-corrected chi connectivity index (χ0v) is 13.0. The molecule has 1 unspecified atom stereocenters. The first-order chi connectivity index (χ1) is 11.2. The Morgan fingerprint density at radius 2 is 2.13 bits per heavy atom. The average Bonchev–Trinajstić information content (AvgIpc) is 3.08. The van der Waals surface area contributed by atoms with Crippen LogP contribution in [0.15, 0.2) is 18.2 Å². The van der Waals surface area contributed by atoms with Gasteiger partial charge >= 0.3 is 0 Å². The second-order valence-electron chi connectivity index (χ2n) is 6.00. The number of nitrogens with zero attached hydrogens (tertiary/aromatic N) is 4. The normalized spacial score (nSPS) is 22.0. The molecule has 1 aromatic carbocycles. The summed E-state index contributed by atoms with van der Waals surface area (Å²) in [6.07, 6.45) is 2.61. The van der Waals surface area contributed by atoms with Crippen molar-refractivity contribution < 1.29 is 9.66 Å². The first kappa shape index (κ1) is 15.7. The van der Waals surface area contributed by atoms with Crippen molar-refractivity contribution in [1.82, 2.24) is 4.90 Å². The van der Waals surface area contributed by atoms with E-state index in [9.17, 15) is 10.1 Å². The maximum Gasteiger partial charge on any atom is 0.293 e. The summed E-state index contributed by atoms with van der Waals surface area (Å²) in [6.45, 7) is 5.05. The Kier molecular flexibility index (Phi) is 4.74. The topological polar surface area (TPSA) is 82.6 Å². The molecule has 3 rings (SSSR count). The van der Waals surface area contributed by atoms with Crippen molar-refractivity contribution in [3.05, 3.63) is 33.9 Å². The minimum absolute atomic E-state index is 0.0108. The summed E-state index contributed by atoms with van der Waals surface area (Å²) in [4.78, 5) is 15.3. The van der Waals surface area contributed by atoms with Crippen LogP contribution >= 0.6 is 0 Å². The molecule has 0 bridgehead atoms. The largest absolute Gasteiger partial charge is 0.377 e. The predicted octanol–water partition coefficient (Wildman–Crippen LogP) is 1.77. The number of rotatable bonds is 4. The minimum Gasteiger partial charge on any atom is -0.377 e. The van der Waals surface area contributed by atoms with Crippen LogP contribution in [0.25, 0.3) is 0 Å². The van der Waals surface area contributed by atoms with E-state index in [2.05, 4.69) is 4.90 Å². The molecule has 7 heteroatoms. The quantitative estimate of drug-likeness (QED) is 0.622. The molecule has 7 nitrogen and oxygen atoms in total. The van der Waals surface area contributed by atoms with Crippen molar-refractivity contribution in [2.45, 2.75) is 18.9 Å². The van der Waals surface area contributed by atoms with E-state index in [4.69, 9.17) is 10.00 Å². The fraction of sp³-hybridized carbons (Fsp3) is 0.562. The number of piperazine rings is 1. The van der Waals surface area contributed by atoms with Gasteiger partial charge in [0, 0.05) is 45.4 Å². The van der Waals surface area contributed by atoms with E-state index < -0.39 is 4.92 Å². The van der Waals surface area contributed by atoms with Crippen molar-refractivity contribution in [1.29, 1.82) is 5.26 Å². The lowest BCUT2D eigenvalue weighted by Gasteiger charge is -2.36. The third-order valence-corrected chi connectivity index (χ3v) is 4.50.